The van der Waals surface area contributed by atoms with Gasteiger partial charge >= 0.3 is 5.97 Å². The number of aliphatic hydroxyl groups is 3. The molecule has 2 amide bonds. The van der Waals surface area contributed by atoms with Crippen molar-refractivity contribution >= 4 is 17.8 Å². The summed E-state index contributed by atoms with van der Waals surface area (Å²) in [5, 5.41) is 45.5. The van der Waals surface area contributed by atoms with Crippen LogP contribution < -0.4 is 10.6 Å². The summed E-state index contributed by atoms with van der Waals surface area (Å²) < 4.78 is 5.36. The zero-order valence-corrected chi connectivity index (χ0v) is 18.5. The normalized spacial score (nSPS) is 24.0. The number of carboxylic acid groups (broad SMARTS) is 1. The first-order valence-corrected chi connectivity index (χ1v) is 10.8. The highest BCUT2D eigenvalue weighted by molar-refractivity contribution is 5.94. The third-order valence-corrected chi connectivity index (χ3v) is 5.65. The second-order valence-electron chi connectivity index (χ2n) is 8.17. The highest BCUT2D eigenvalue weighted by atomic mass is 16.5. The number of hydrogen-bond acceptors (Lipinski definition) is 7. The number of hydrogen-bond donors (Lipinski definition) is 6. The summed E-state index contributed by atoms with van der Waals surface area (Å²) in [6.45, 7) is 0.820. The number of carboxylic acids is 1. The van der Waals surface area contributed by atoms with E-state index in [1.165, 1.54) is 6.92 Å². The molecule has 0 aromatic heterocycles. The quantitative estimate of drug-likeness (QED) is 0.310. The predicted octanol–water partition coefficient (Wildman–Crippen LogP) is -0.0871. The highest BCUT2D eigenvalue weighted by Gasteiger charge is 2.46. The average Bonchev–Trinajstić information content (AvgIpc) is 2.83. The fourth-order valence-corrected chi connectivity index (χ4v) is 3.86. The molecule has 0 saturated carbocycles. The molecule has 10 nitrogen and oxygen atoms in total. The maximum Gasteiger partial charge on any atom is 0.332 e. The monoisotopic (exact) mass is 472 g/mol. The number of nitrogens with one attached hydrogen (secondary N) is 2. The van der Waals surface area contributed by atoms with Crippen molar-refractivity contribution in [2.75, 3.05) is 6.54 Å². The Morgan fingerprint density at radius 1 is 1.03 bits per heavy atom. The van der Waals surface area contributed by atoms with Crippen LogP contribution in [0.2, 0.25) is 0 Å². The molecule has 1 aliphatic rings. The second kappa shape index (κ2) is 11.2. The van der Waals surface area contributed by atoms with Crippen LogP contribution in [0.3, 0.4) is 0 Å². The average molecular weight is 472 g/mol. The van der Waals surface area contributed by atoms with E-state index in [0.29, 0.717) is 5.56 Å². The van der Waals surface area contributed by atoms with E-state index in [-0.39, 0.29) is 13.0 Å². The van der Waals surface area contributed by atoms with Gasteiger partial charge in [-0.05, 0) is 23.3 Å². The standard InChI is InChI=1S/C24H28N2O8/c1-13(27)26-20-17(28)11-19(24(32)33)34-22(20)21(30)18(29)12-25-23(31)16-9-7-15(8-10-16)14-5-3-2-4-6-14/h2-10,17-22,28-30H,11-12H2,1H3,(H,25,31)(H,26,27)(H,32,33)/t17-,18+,19?,20+,21+,22+/m0/s1. The van der Waals surface area contributed by atoms with Crippen LogP contribution in [0.1, 0.15) is 23.7 Å². The van der Waals surface area contributed by atoms with Crippen LogP contribution >= 0.6 is 0 Å². The zero-order chi connectivity index (χ0) is 24.8. The summed E-state index contributed by atoms with van der Waals surface area (Å²) >= 11 is 0. The molecule has 34 heavy (non-hydrogen) atoms. The summed E-state index contributed by atoms with van der Waals surface area (Å²) in [6.07, 6.45) is -7.71. The van der Waals surface area contributed by atoms with Crippen LogP contribution in [0, 0.1) is 0 Å². The first kappa shape index (κ1) is 25.3. The van der Waals surface area contributed by atoms with E-state index >= 15 is 0 Å². The molecule has 3 rings (SSSR count). The number of amides is 2. The van der Waals surface area contributed by atoms with Crippen molar-refractivity contribution in [3.05, 3.63) is 60.2 Å². The lowest BCUT2D eigenvalue weighted by atomic mass is 9.90. The molecule has 1 heterocycles. The highest BCUT2D eigenvalue weighted by Crippen LogP contribution is 2.25. The Labute approximate surface area is 196 Å². The Bertz CT molecular complexity index is 998. The summed E-state index contributed by atoms with van der Waals surface area (Å²) in [6, 6.07) is 15.3. The van der Waals surface area contributed by atoms with E-state index in [0.717, 1.165) is 11.1 Å². The molecule has 0 radical (unpaired) electrons. The van der Waals surface area contributed by atoms with Gasteiger partial charge in [-0.15, -0.1) is 0 Å². The van der Waals surface area contributed by atoms with Crippen LogP contribution in [-0.4, -0.2) is 81.3 Å². The summed E-state index contributed by atoms with van der Waals surface area (Å²) in [5.41, 5.74) is 2.27. The van der Waals surface area contributed by atoms with Crippen molar-refractivity contribution in [3.63, 3.8) is 0 Å². The van der Waals surface area contributed by atoms with Gasteiger partial charge in [-0.3, -0.25) is 9.59 Å². The maximum atomic E-state index is 12.5. The van der Waals surface area contributed by atoms with Crippen molar-refractivity contribution < 1.29 is 39.5 Å². The molecule has 10 heteroatoms. The summed E-state index contributed by atoms with van der Waals surface area (Å²) in [7, 11) is 0. The molecule has 1 fully saturated rings. The lowest BCUT2D eigenvalue weighted by molar-refractivity contribution is -0.193. The van der Waals surface area contributed by atoms with E-state index in [1.807, 2.05) is 30.3 Å². The third-order valence-electron chi connectivity index (χ3n) is 5.65. The Morgan fingerprint density at radius 2 is 1.65 bits per heavy atom. The molecule has 182 valence electrons. The van der Waals surface area contributed by atoms with Crippen LogP contribution in [0.25, 0.3) is 11.1 Å². The minimum Gasteiger partial charge on any atom is -0.479 e. The molecule has 2 aromatic rings. The first-order valence-electron chi connectivity index (χ1n) is 10.8. The number of rotatable bonds is 8. The Hall–Kier alpha value is -3.31. The van der Waals surface area contributed by atoms with Gasteiger partial charge in [-0.1, -0.05) is 42.5 Å². The zero-order valence-electron chi connectivity index (χ0n) is 18.5. The van der Waals surface area contributed by atoms with Gasteiger partial charge in [-0.25, -0.2) is 4.79 Å². The van der Waals surface area contributed by atoms with Gasteiger partial charge in [0.25, 0.3) is 5.91 Å². The SMILES string of the molecule is CC(=O)N[C@H]1[C@H]([C@H](O)[C@H](O)CNC(=O)c2ccc(-c3ccccc3)cc2)OC(C(=O)O)C[C@@H]1O. The van der Waals surface area contributed by atoms with Gasteiger partial charge in [0.2, 0.25) is 5.91 Å². The van der Waals surface area contributed by atoms with E-state index in [4.69, 9.17) is 4.74 Å². The van der Waals surface area contributed by atoms with Crippen LogP contribution in [0.4, 0.5) is 0 Å². The van der Waals surface area contributed by atoms with Crippen LogP contribution in [-0.2, 0) is 14.3 Å². The number of benzene rings is 2. The minimum absolute atomic E-state index is 0.296. The second-order valence-corrected chi connectivity index (χ2v) is 8.17. The van der Waals surface area contributed by atoms with E-state index in [9.17, 15) is 34.8 Å². The molecular formula is C24H28N2O8. The fourth-order valence-electron chi connectivity index (χ4n) is 3.86. The predicted molar refractivity (Wildman–Crippen MR) is 121 cm³/mol. The van der Waals surface area contributed by atoms with Crippen LogP contribution in [0.5, 0.6) is 0 Å². The molecule has 2 aromatic carbocycles. The van der Waals surface area contributed by atoms with Crippen molar-refractivity contribution in [2.45, 2.75) is 49.9 Å². The first-order chi connectivity index (χ1) is 16.2. The lowest BCUT2D eigenvalue weighted by Gasteiger charge is -2.41. The maximum absolute atomic E-state index is 12.5. The van der Waals surface area contributed by atoms with E-state index in [1.54, 1.807) is 24.3 Å². The largest absolute Gasteiger partial charge is 0.479 e. The van der Waals surface area contributed by atoms with Crippen LogP contribution in [0.15, 0.2) is 54.6 Å². The number of carbonyl (C=O) groups excluding carboxylic acids is 2. The number of carbonyl (C=O) groups is 3. The molecule has 6 atom stereocenters. The molecular weight excluding hydrogens is 444 g/mol. The number of aliphatic carboxylic acids is 1. The summed E-state index contributed by atoms with van der Waals surface area (Å²) in [5.74, 6) is -2.36. The van der Waals surface area contributed by atoms with Gasteiger partial charge in [0.1, 0.15) is 12.2 Å². The van der Waals surface area contributed by atoms with Gasteiger partial charge in [0.05, 0.1) is 18.2 Å². The number of aliphatic hydroxyl groups excluding tert-OH is 3. The molecule has 1 aliphatic heterocycles. The molecule has 1 unspecified atom stereocenters. The molecule has 1 saturated heterocycles. The third kappa shape index (κ3) is 6.17. The molecule has 6 N–H and O–H groups in total. The Kier molecular flexibility index (Phi) is 8.35. The fraction of sp³-hybridized carbons (Fsp3) is 0.375. The minimum atomic E-state index is -1.70. The van der Waals surface area contributed by atoms with Crippen molar-refractivity contribution in [1.29, 1.82) is 0 Å². The smallest absolute Gasteiger partial charge is 0.332 e. The lowest BCUT2D eigenvalue weighted by Crippen LogP contribution is -2.63. The van der Waals surface area contributed by atoms with Crippen molar-refractivity contribution in [1.82, 2.24) is 10.6 Å². The van der Waals surface area contributed by atoms with Crippen molar-refractivity contribution in [2.24, 2.45) is 0 Å². The molecule has 0 spiro atoms. The molecule has 0 bridgehead atoms. The van der Waals surface area contributed by atoms with Gasteiger partial charge in [0, 0.05) is 25.5 Å². The summed E-state index contributed by atoms with van der Waals surface area (Å²) in [4.78, 5) is 35.3. The Morgan fingerprint density at radius 3 is 2.24 bits per heavy atom. The van der Waals surface area contributed by atoms with E-state index in [2.05, 4.69) is 10.6 Å². The topological polar surface area (TPSA) is 165 Å². The van der Waals surface area contributed by atoms with Gasteiger partial charge < -0.3 is 35.8 Å². The van der Waals surface area contributed by atoms with Gasteiger partial charge in [0.15, 0.2) is 6.10 Å². The van der Waals surface area contributed by atoms with Gasteiger partial charge in [-0.2, -0.15) is 0 Å². The van der Waals surface area contributed by atoms with E-state index < -0.39 is 54.3 Å². The Balaban J connectivity index is 1.63. The molecule has 0 aliphatic carbocycles. The number of ether oxygens (including phenoxy) is 1. The van der Waals surface area contributed by atoms with Crippen molar-refractivity contribution in [3.8, 4) is 11.1 Å².